The molecule has 4 nitrogen and oxygen atoms in total. The molecular formula is C9H14N4. The van der Waals surface area contributed by atoms with Gasteiger partial charge in [-0.25, -0.2) is 0 Å². The predicted octanol–water partition coefficient (Wildman–Crippen LogP) is 1.30. The fourth-order valence-electron chi connectivity index (χ4n) is 2.00. The third-order valence-electron chi connectivity index (χ3n) is 2.67. The summed E-state index contributed by atoms with van der Waals surface area (Å²) in [5, 5.41) is 7.54. The lowest BCUT2D eigenvalue weighted by Crippen LogP contribution is -2.05. The van der Waals surface area contributed by atoms with Gasteiger partial charge in [-0.3, -0.25) is 0 Å². The van der Waals surface area contributed by atoms with Gasteiger partial charge in [0.2, 0.25) is 0 Å². The summed E-state index contributed by atoms with van der Waals surface area (Å²) in [5.41, 5.74) is 12.4. The molecule has 0 saturated heterocycles. The topological polar surface area (TPSA) is 77.8 Å². The molecule has 70 valence electrons. The zero-order valence-corrected chi connectivity index (χ0v) is 7.53. The third kappa shape index (κ3) is 1.56. The smallest absolute Gasteiger partial charge is 0.149 e. The normalized spacial score (nSPS) is 17.8. The zero-order valence-electron chi connectivity index (χ0n) is 7.53. The summed E-state index contributed by atoms with van der Waals surface area (Å²) in [4.78, 5) is 0. The van der Waals surface area contributed by atoms with Crippen LogP contribution >= 0.6 is 0 Å². The van der Waals surface area contributed by atoms with Crippen LogP contribution in [0.2, 0.25) is 0 Å². The molecule has 1 aromatic rings. The van der Waals surface area contributed by atoms with E-state index in [1.165, 1.54) is 25.7 Å². The van der Waals surface area contributed by atoms with E-state index < -0.39 is 0 Å². The number of nitrogens with two attached hydrogens (primary N) is 2. The Morgan fingerprint density at radius 3 is 2.54 bits per heavy atom. The van der Waals surface area contributed by atoms with E-state index in [4.69, 9.17) is 11.5 Å². The van der Waals surface area contributed by atoms with Gasteiger partial charge in [-0.05, 0) is 24.8 Å². The summed E-state index contributed by atoms with van der Waals surface area (Å²) >= 11 is 0. The summed E-state index contributed by atoms with van der Waals surface area (Å²) < 4.78 is 0. The van der Waals surface area contributed by atoms with E-state index in [1.54, 1.807) is 0 Å². The van der Waals surface area contributed by atoms with Crippen LogP contribution in [0, 0.1) is 0 Å². The number of rotatable bonds is 1. The first-order chi connectivity index (χ1) is 6.27. The van der Waals surface area contributed by atoms with Crippen molar-refractivity contribution < 1.29 is 0 Å². The van der Waals surface area contributed by atoms with Crippen LogP contribution < -0.4 is 11.5 Å². The van der Waals surface area contributed by atoms with Crippen molar-refractivity contribution in [1.29, 1.82) is 0 Å². The average molecular weight is 178 g/mol. The lowest BCUT2D eigenvalue weighted by atomic mass is 9.99. The van der Waals surface area contributed by atoms with Crippen LogP contribution in [0.3, 0.4) is 0 Å². The van der Waals surface area contributed by atoms with Gasteiger partial charge in [0.25, 0.3) is 0 Å². The molecule has 0 bridgehead atoms. The van der Waals surface area contributed by atoms with Crippen LogP contribution in [0.1, 0.15) is 37.2 Å². The minimum Gasteiger partial charge on any atom is -0.382 e. The maximum absolute atomic E-state index is 5.74. The molecule has 0 aliphatic heterocycles. The molecule has 0 amide bonds. The molecular weight excluding hydrogens is 164 g/mol. The Morgan fingerprint density at radius 1 is 1.15 bits per heavy atom. The summed E-state index contributed by atoms with van der Waals surface area (Å²) in [7, 11) is 0. The average Bonchev–Trinajstić information content (AvgIpc) is 2.61. The number of hydrogen-bond donors (Lipinski definition) is 2. The summed E-state index contributed by atoms with van der Waals surface area (Å²) in [5.74, 6) is 1.56. The quantitative estimate of drug-likeness (QED) is 0.679. The summed E-state index contributed by atoms with van der Waals surface area (Å²) in [6.07, 6.45) is 4.98. The molecule has 4 N–H and O–H groups in total. The minimum absolute atomic E-state index is 0.469. The Bertz CT molecular complexity index is 304. The second-order valence-corrected chi connectivity index (χ2v) is 3.59. The van der Waals surface area contributed by atoms with Crippen molar-refractivity contribution in [1.82, 2.24) is 10.2 Å². The van der Waals surface area contributed by atoms with Crippen molar-refractivity contribution in [3.8, 4) is 0 Å². The van der Waals surface area contributed by atoms with Crippen LogP contribution in [-0.2, 0) is 0 Å². The van der Waals surface area contributed by atoms with Gasteiger partial charge in [-0.15, -0.1) is 10.2 Å². The fourth-order valence-corrected chi connectivity index (χ4v) is 2.00. The standard InChI is InChI=1S/C9H14N4/c10-8-5-7(9(11)13-12-8)6-3-1-2-4-6/h5-6H,1-4H2,(H2,10,12)(H2,11,13). The number of aromatic nitrogens is 2. The molecule has 0 aromatic carbocycles. The first-order valence-corrected chi connectivity index (χ1v) is 4.66. The summed E-state index contributed by atoms with van der Waals surface area (Å²) in [6.45, 7) is 0. The van der Waals surface area contributed by atoms with Gasteiger partial charge in [0.05, 0.1) is 0 Å². The molecule has 1 saturated carbocycles. The van der Waals surface area contributed by atoms with Gasteiger partial charge in [0.15, 0.2) is 0 Å². The Labute approximate surface area is 77.3 Å². The maximum atomic E-state index is 5.74. The van der Waals surface area contributed by atoms with Crippen LogP contribution in [0.5, 0.6) is 0 Å². The van der Waals surface area contributed by atoms with Crippen molar-refractivity contribution >= 4 is 11.6 Å². The summed E-state index contributed by atoms with van der Waals surface area (Å²) in [6, 6.07) is 1.86. The molecule has 4 heteroatoms. The van der Waals surface area contributed by atoms with Gasteiger partial charge in [0.1, 0.15) is 11.6 Å². The number of nitrogens with zero attached hydrogens (tertiary/aromatic N) is 2. The molecule has 1 heterocycles. The van der Waals surface area contributed by atoms with Gasteiger partial charge >= 0.3 is 0 Å². The second-order valence-electron chi connectivity index (χ2n) is 3.59. The van der Waals surface area contributed by atoms with Gasteiger partial charge < -0.3 is 11.5 Å². The van der Waals surface area contributed by atoms with Gasteiger partial charge in [0, 0.05) is 5.56 Å². The lowest BCUT2D eigenvalue weighted by molar-refractivity contribution is 0.719. The van der Waals surface area contributed by atoms with Gasteiger partial charge in [-0.1, -0.05) is 12.8 Å². The van der Waals surface area contributed by atoms with E-state index in [0.29, 0.717) is 17.6 Å². The van der Waals surface area contributed by atoms with E-state index in [1.807, 2.05) is 6.07 Å². The molecule has 0 atom stereocenters. The number of anilines is 2. The molecule has 13 heavy (non-hydrogen) atoms. The Hall–Kier alpha value is -1.32. The maximum Gasteiger partial charge on any atom is 0.149 e. The third-order valence-corrected chi connectivity index (χ3v) is 2.67. The van der Waals surface area contributed by atoms with Crippen molar-refractivity contribution in [2.45, 2.75) is 31.6 Å². The largest absolute Gasteiger partial charge is 0.382 e. The van der Waals surface area contributed by atoms with Crippen molar-refractivity contribution in [3.63, 3.8) is 0 Å². The van der Waals surface area contributed by atoms with Crippen molar-refractivity contribution in [2.75, 3.05) is 11.5 Å². The van der Waals surface area contributed by atoms with Crippen molar-refractivity contribution in [3.05, 3.63) is 11.6 Å². The van der Waals surface area contributed by atoms with E-state index in [9.17, 15) is 0 Å². The highest BCUT2D eigenvalue weighted by atomic mass is 15.2. The predicted molar refractivity (Wildman–Crippen MR) is 52.1 cm³/mol. The first kappa shape index (κ1) is 8.29. The number of nitrogen functional groups attached to an aromatic ring is 2. The van der Waals surface area contributed by atoms with Crippen LogP contribution in [0.25, 0.3) is 0 Å². The van der Waals surface area contributed by atoms with Gasteiger partial charge in [-0.2, -0.15) is 0 Å². The first-order valence-electron chi connectivity index (χ1n) is 4.66. The minimum atomic E-state index is 0.469. The molecule has 2 rings (SSSR count). The Morgan fingerprint density at radius 2 is 1.85 bits per heavy atom. The molecule has 1 fully saturated rings. The zero-order chi connectivity index (χ0) is 9.26. The van der Waals surface area contributed by atoms with E-state index in [0.717, 1.165) is 5.56 Å². The SMILES string of the molecule is Nc1cc(C2CCCC2)c(N)nn1. The Kier molecular flexibility index (Phi) is 2.04. The van der Waals surface area contributed by atoms with E-state index >= 15 is 0 Å². The van der Waals surface area contributed by atoms with E-state index in [-0.39, 0.29) is 0 Å². The van der Waals surface area contributed by atoms with Crippen LogP contribution in [0.15, 0.2) is 6.07 Å². The molecule has 1 aromatic heterocycles. The highest BCUT2D eigenvalue weighted by Gasteiger charge is 2.20. The lowest BCUT2D eigenvalue weighted by Gasteiger charge is -2.10. The highest BCUT2D eigenvalue weighted by molar-refractivity contribution is 5.46. The fraction of sp³-hybridized carbons (Fsp3) is 0.556. The molecule has 0 unspecified atom stereocenters. The molecule has 1 aliphatic carbocycles. The highest BCUT2D eigenvalue weighted by Crippen LogP contribution is 2.36. The van der Waals surface area contributed by atoms with Crippen LogP contribution in [-0.4, -0.2) is 10.2 Å². The molecule has 0 spiro atoms. The van der Waals surface area contributed by atoms with E-state index in [2.05, 4.69) is 10.2 Å². The second kappa shape index (κ2) is 3.20. The van der Waals surface area contributed by atoms with Crippen LogP contribution in [0.4, 0.5) is 11.6 Å². The molecule has 0 radical (unpaired) electrons. The number of hydrogen-bond acceptors (Lipinski definition) is 4. The monoisotopic (exact) mass is 178 g/mol. The van der Waals surface area contributed by atoms with Crippen molar-refractivity contribution in [2.24, 2.45) is 0 Å². The molecule has 1 aliphatic rings. The Balaban J connectivity index is 2.32.